The van der Waals surface area contributed by atoms with Crippen LogP contribution in [0.4, 0.5) is 0 Å². The molecule has 22 heavy (non-hydrogen) atoms. The third-order valence-corrected chi connectivity index (χ3v) is 2.85. The van der Waals surface area contributed by atoms with Crippen molar-refractivity contribution in [2.75, 3.05) is 6.61 Å². The predicted octanol–water partition coefficient (Wildman–Crippen LogP) is -3.07. The normalized spacial score (nSPS) is 18.1. The lowest BCUT2D eigenvalue weighted by Crippen LogP contribution is -2.50. The first kappa shape index (κ1) is 20.7. The summed E-state index contributed by atoms with van der Waals surface area (Å²) in [7, 11) is 0. The van der Waals surface area contributed by atoms with Gasteiger partial charge in [-0.15, -0.1) is 0 Å². The zero-order chi connectivity index (χ0) is 17.3. The van der Waals surface area contributed by atoms with E-state index < -0.39 is 49.3 Å². The van der Waals surface area contributed by atoms with Gasteiger partial charge in [-0.25, -0.2) is 0 Å². The Morgan fingerprint density at radius 2 is 1.41 bits per heavy atom. The van der Waals surface area contributed by atoms with E-state index in [0.717, 1.165) is 0 Å². The van der Waals surface area contributed by atoms with Crippen molar-refractivity contribution in [1.82, 2.24) is 0 Å². The van der Waals surface area contributed by atoms with E-state index in [4.69, 9.17) is 15.3 Å². The summed E-state index contributed by atoms with van der Waals surface area (Å²) in [5.41, 5.74) is 0. The molecule has 0 radical (unpaired) electrons. The van der Waals surface area contributed by atoms with Gasteiger partial charge in [-0.05, 0) is 12.8 Å². The molecule has 1 unspecified atom stereocenters. The highest BCUT2D eigenvalue weighted by Crippen LogP contribution is 2.11. The van der Waals surface area contributed by atoms with E-state index in [1.807, 2.05) is 0 Å². The summed E-state index contributed by atoms with van der Waals surface area (Å²) in [6.07, 6.45) is -9.90. The number of rotatable bonds is 11. The SMILES string of the molecule is O=C(O)CCCCC(=O)OC(O)[C@H](O)[C@H](O)[C@H](O)[C@@H](O)CO. The fourth-order valence-electron chi connectivity index (χ4n) is 1.52. The number of carboxylic acids is 1. The predicted molar refractivity (Wildman–Crippen MR) is 69.3 cm³/mol. The van der Waals surface area contributed by atoms with Crippen molar-refractivity contribution < 1.29 is 50.1 Å². The first-order chi connectivity index (χ1) is 10.2. The van der Waals surface area contributed by atoms with Gasteiger partial charge < -0.3 is 40.5 Å². The van der Waals surface area contributed by atoms with E-state index in [-0.39, 0.29) is 25.7 Å². The summed E-state index contributed by atoms with van der Waals surface area (Å²) in [6, 6.07) is 0. The molecule has 7 N–H and O–H groups in total. The zero-order valence-corrected chi connectivity index (χ0v) is 11.8. The molecular weight excluding hydrogens is 304 g/mol. The monoisotopic (exact) mass is 326 g/mol. The highest BCUT2D eigenvalue weighted by molar-refractivity contribution is 5.69. The topological polar surface area (TPSA) is 185 Å². The molecule has 0 aliphatic carbocycles. The van der Waals surface area contributed by atoms with Crippen LogP contribution in [0.5, 0.6) is 0 Å². The van der Waals surface area contributed by atoms with Crippen LogP contribution in [0.2, 0.25) is 0 Å². The molecule has 0 aliphatic rings. The van der Waals surface area contributed by atoms with Crippen molar-refractivity contribution in [1.29, 1.82) is 0 Å². The molecule has 130 valence electrons. The van der Waals surface area contributed by atoms with Crippen LogP contribution in [-0.4, -0.2) is 85.0 Å². The van der Waals surface area contributed by atoms with Crippen molar-refractivity contribution in [2.45, 2.75) is 56.4 Å². The summed E-state index contributed by atoms with van der Waals surface area (Å²) in [6.45, 7) is -0.885. The molecule has 0 heterocycles. The average Bonchev–Trinajstić information content (AvgIpc) is 2.48. The van der Waals surface area contributed by atoms with Gasteiger partial charge in [0.25, 0.3) is 0 Å². The Balaban J connectivity index is 4.20. The summed E-state index contributed by atoms with van der Waals surface area (Å²) in [5, 5.41) is 63.8. The highest BCUT2D eigenvalue weighted by atomic mass is 16.6. The van der Waals surface area contributed by atoms with Crippen molar-refractivity contribution in [3.8, 4) is 0 Å². The molecule has 0 aromatic rings. The van der Waals surface area contributed by atoms with Gasteiger partial charge in [0, 0.05) is 12.8 Å². The van der Waals surface area contributed by atoms with Crippen LogP contribution in [0.3, 0.4) is 0 Å². The Labute approximate surface area is 126 Å². The number of unbranched alkanes of at least 4 members (excludes halogenated alkanes) is 1. The van der Waals surface area contributed by atoms with Crippen LogP contribution in [0.15, 0.2) is 0 Å². The summed E-state index contributed by atoms with van der Waals surface area (Å²) in [5.74, 6) is -1.94. The van der Waals surface area contributed by atoms with E-state index in [0.29, 0.717) is 0 Å². The number of aliphatic hydroxyl groups is 6. The molecule has 0 saturated heterocycles. The maximum Gasteiger partial charge on any atom is 0.308 e. The van der Waals surface area contributed by atoms with E-state index in [1.54, 1.807) is 0 Å². The number of aliphatic carboxylic acids is 1. The largest absolute Gasteiger partial charge is 0.481 e. The molecule has 0 rings (SSSR count). The van der Waals surface area contributed by atoms with Gasteiger partial charge in [0.1, 0.15) is 24.4 Å². The molecule has 10 nitrogen and oxygen atoms in total. The fraction of sp³-hybridized carbons (Fsp3) is 0.833. The molecule has 0 aromatic heterocycles. The lowest BCUT2D eigenvalue weighted by molar-refractivity contribution is -0.213. The van der Waals surface area contributed by atoms with Gasteiger partial charge in [-0.3, -0.25) is 9.59 Å². The molecular formula is C12H22O10. The smallest absolute Gasteiger partial charge is 0.308 e. The average molecular weight is 326 g/mol. The molecule has 10 heteroatoms. The molecule has 0 aromatic carbocycles. The second-order valence-electron chi connectivity index (χ2n) is 4.70. The number of carbonyl (C=O) groups excluding carboxylic acids is 1. The molecule has 0 saturated carbocycles. The first-order valence-electron chi connectivity index (χ1n) is 6.63. The number of aliphatic hydroxyl groups excluding tert-OH is 6. The molecule has 0 amide bonds. The number of carbonyl (C=O) groups is 2. The minimum atomic E-state index is -2.15. The Bertz CT molecular complexity index is 347. The zero-order valence-electron chi connectivity index (χ0n) is 11.8. The van der Waals surface area contributed by atoms with Gasteiger partial charge >= 0.3 is 11.9 Å². The van der Waals surface area contributed by atoms with E-state index in [9.17, 15) is 30.0 Å². The van der Waals surface area contributed by atoms with Gasteiger partial charge in [0.2, 0.25) is 6.29 Å². The Kier molecular flexibility index (Phi) is 9.81. The van der Waals surface area contributed by atoms with Crippen molar-refractivity contribution in [2.24, 2.45) is 0 Å². The fourth-order valence-corrected chi connectivity index (χ4v) is 1.52. The molecule has 0 fully saturated rings. The molecule has 0 bridgehead atoms. The first-order valence-corrected chi connectivity index (χ1v) is 6.63. The Morgan fingerprint density at radius 3 is 1.91 bits per heavy atom. The van der Waals surface area contributed by atoms with Gasteiger partial charge in [-0.1, -0.05) is 0 Å². The van der Waals surface area contributed by atoms with Crippen LogP contribution in [0, 0.1) is 0 Å². The van der Waals surface area contributed by atoms with Crippen LogP contribution in [-0.2, 0) is 14.3 Å². The highest BCUT2D eigenvalue weighted by Gasteiger charge is 2.35. The standard InChI is InChI=1S/C12H22O10/c13-5-6(14)9(18)10(19)11(20)12(21)22-8(17)4-2-1-3-7(15)16/h6,9-14,18-21H,1-5H2,(H,15,16)/t6-,9+,10+,11+,12?/m0/s1. The maximum atomic E-state index is 11.3. The van der Waals surface area contributed by atoms with Crippen LogP contribution >= 0.6 is 0 Å². The van der Waals surface area contributed by atoms with Crippen molar-refractivity contribution in [3.63, 3.8) is 0 Å². The van der Waals surface area contributed by atoms with Crippen LogP contribution in [0.25, 0.3) is 0 Å². The second-order valence-corrected chi connectivity index (χ2v) is 4.70. The number of carboxylic acid groups (broad SMARTS) is 1. The van der Waals surface area contributed by atoms with Gasteiger partial charge in [0.05, 0.1) is 6.61 Å². The van der Waals surface area contributed by atoms with Crippen molar-refractivity contribution >= 4 is 11.9 Å². The lowest BCUT2D eigenvalue weighted by atomic mass is 10.0. The molecule has 5 atom stereocenters. The van der Waals surface area contributed by atoms with E-state index in [2.05, 4.69) is 4.74 Å². The van der Waals surface area contributed by atoms with E-state index in [1.165, 1.54) is 0 Å². The number of hydrogen-bond donors (Lipinski definition) is 7. The van der Waals surface area contributed by atoms with Crippen LogP contribution < -0.4 is 0 Å². The van der Waals surface area contributed by atoms with Gasteiger partial charge in [-0.2, -0.15) is 0 Å². The van der Waals surface area contributed by atoms with Gasteiger partial charge in [0.15, 0.2) is 0 Å². The van der Waals surface area contributed by atoms with Crippen molar-refractivity contribution in [3.05, 3.63) is 0 Å². The number of hydrogen-bond acceptors (Lipinski definition) is 9. The summed E-state index contributed by atoms with van der Waals surface area (Å²) in [4.78, 5) is 21.6. The van der Waals surface area contributed by atoms with E-state index >= 15 is 0 Å². The van der Waals surface area contributed by atoms with Crippen LogP contribution in [0.1, 0.15) is 25.7 Å². The summed E-state index contributed by atoms with van der Waals surface area (Å²) < 4.78 is 4.41. The Hall–Kier alpha value is -1.30. The number of esters is 1. The summed E-state index contributed by atoms with van der Waals surface area (Å²) >= 11 is 0. The quantitative estimate of drug-likeness (QED) is 0.117. The number of ether oxygens (including phenoxy) is 1. The molecule has 0 spiro atoms. The third kappa shape index (κ3) is 7.64. The Morgan fingerprint density at radius 1 is 0.864 bits per heavy atom. The lowest BCUT2D eigenvalue weighted by Gasteiger charge is -2.28. The minimum Gasteiger partial charge on any atom is -0.481 e. The minimum absolute atomic E-state index is 0.123. The third-order valence-electron chi connectivity index (χ3n) is 2.85. The molecule has 0 aliphatic heterocycles. The maximum absolute atomic E-state index is 11.3. The second kappa shape index (κ2) is 10.4.